The van der Waals surface area contributed by atoms with Crippen LogP contribution >= 0.6 is 0 Å². The van der Waals surface area contributed by atoms with Crippen LogP contribution in [0.5, 0.6) is 0 Å². The molecular formula is C12H18N2O3S. The van der Waals surface area contributed by atoms with Crippen molar-refractivity contribution in [3.05, 3.63) is 34.9 Å². The molecule has 0 aliphatic carbocycles. The van der Waals surface area contributed by atoms with E-state index in [2.05, 4.69) is 5.32 Å². The molecule has 0 unspecified atom stereocenters. The fourth-order valence-corrected chi connectivity index (χ4v) is 2.04. The van der Waals surface area contributed by atoms with E-state index in [1.165, 1.54) is 6.26 Å². The Morgan fingerprint density at radius 3 is 2.56 bits per heavy atom. The number of rotatable bonds is 6. The van der Waals surface area contributed by atoms with E-state index in [1.54, 1.807) is 12.1 Å². The first kappa shape index (κ1) is 14.7. The number of hydrogen-bond donors (Lipinski definition) is 2. The Bertz CT molecular complexity index is 538. The van der Waals surface area contributed by atoms with Crippen LogP contribution in [0.15, 0.2) is 18.2 Å². The monoisotopic (exact) mass is 270 g/mol. The van der Waals surface area contributed by atoms with Gasteiger partial charge in [-0.25, -0.2) is 8.42 Å². The highest BCUT2D eigenvalue weighted by Gasteiger charge is 2.05. The molecule has 0 saturated heterocycles. The molecule has 100 valence electrons. The van der Waals surface area contributed by atoms with Gasteiger partial charge in [-0.3, -0.25) is 4.79 Å². The second-order valence-electron chi connectivity index (χ2n) is 4.31. The second kappa shape index (κ2) is 5.97. The quantitative estimate of drug-likeness (QED) is 0.724. The van der Waals surface area contributed by atoms with Gasteiger partial charge in [0.1, 0.15) is 9.84 Å². The highest BCUT2D eigenvalue weighted by atomic mass is 32.2. The standard InChI is InChI=1S/C12H18N2O3S/c1-9-7-10(12(13)15)3-4-11(9)8-14-5-6-18(2,16)17/h3-4,7,14H,5-6,8H2,1-2H3,(H2,13,15). The van der Waals surface area contributed by atoms with Gasteiger partial charge in [0.05, 0.1) is 5.75 Å². The van der Waals surface area contributed by atoms with Crippen molar-refractivity contribution in [3.8, 4) is 0 Å². The molecule has 0 atom stereocenters. The molecule has 6 heteroatoms. The molecule has 0 aliphatic rings. The summed E-state index contributed by atoms with van der Waals surface area (Å²) in [6.45, 7) is 2.87. The molecule has 0 aliphatic heterocycles. The Balaban J connectivity index is 2.56. The number of nitrogens with one attached hydrogen (secondary N) is 1. The van der Waals surface area contributed by atoms with Crippen LogP contribution in [0.3, 0.4) is 0 Å². The van der Waals surface area contributed by atoms with Gasteiger partial charge in [-0.1, -0.05) is 6.07 Å². The van der Waals surface area contributed by atoms with Gasteiger partial charge < -0.3 is 11.1 Å². The van der Waals surface area contributed by atoms with Crippen molar-refractivity contribution in [2.75, 3.05) is 18.6 Å². The largest absolute Gasteiger partial charge is 0.366 e. The number of nitrogens with two attached hydrogens (primary N) is 1. The molecule has 5 nitrogen and oxygen atoms in total. The van der Waals surface area contributed by atoms with Crippen LogP contribution in [-0.2, 0) is 16.4 Å². The molecule has 1 aromatic carbocycles. The van der Waals surface area contributed by atoms with E-state index in [-0.39, 0.29) is 5.75 Å². The Kier molecular flexibility index (Phi) is 4.86. The number of aryl methyl sites for hydroxylation is 1. The van der Waals surface area contributed by atoms with Crippen LogP contribution in [0.25, 0.3) is 0 Å². The summed E-state index contributed by atoms with van der Waals surface area (Å²) in [5.74, 6) is -0.333. The predicted octanol–water partition coefficient (Wildman–Crippen LogP) is 0.228. The third kappa shape index (κ3) is 4.85. The highest BCUT2D eigenvalue weighted by molar-refractivity contribution is 7.90. The van der Waals surface area contributed by atoms with Crippen molar-refractivity contribution in [1.29, 1.82) is 0 Å². The minimum absolute atomic E-state index is 0.116. The van der Waals surface area contributed by atoms with Crippen LogP contribution in [0.4, 0.5) is 0 Å². The zero-order valence-electron chi connectivity index (χ0n) is 10.6. The van der Waals surface area contributed by atoms with Crippen molar-refractivity contribution in [3.63, 3.8) is 0 Å². The van der Waals surface area contributed by atoms with Gasteiger partial charge in [0, 0.05) is 24.9 Å². The molecule has 3 N–H and O–H groups in total. The Morgan fingerprint density at radius 1 is 1.39 bits per heavy atom. The van der Waals surface area contributed by atoms with Crippen LogP contribution in [0, 0.1) is 6.92 Å². The summed E-state index contributed by atoms with van der Waals surface area (Å²) in [4.78, 5) is 11.0. The maximum absolute atomic E-state index is 11.0. The number of amides is 1. The van der Waals surface area contributed by atoms with Gasteiger partial charge >= 0.3 is 0 Å². The smallest absolute Gasteiger partial charge is 0.248 e. The Hall–Kier alpha value is -1.40. The lowest BCUT2D eigenvalue weighted by Crippen LogP contribution is -2.22. The van der Waals surface area contributed by atoms with Crippen molar-refractivity contribution < 1.29 is 13.2 Å². The topological polar surface area (TPSA) is 89.3 Å². The summed E-state index contributed by atoms with van der Waals surface area (Å²) in [6.07, 6.45) is 1.21. The van der Waals surface area contributed by atoms with E-state index in [9.17, 15) is 13.2 Å². The molecule has 18 heavy (non-hydrogen) atoms. The molecule has 1 aromatic rings. The zero-order chi connectivity index (χ0) is 13.8. The molecule has 0 saturated carbocycles. The second-order valence-corrected chi connectivity index (χ2v) is 6.57. The fraction of sp³-hybridized carbons (Fsp3) is 0.417. The molecule has 0 radical (unpaired) electrons. The van der Waals surface area contributed by atoms with E-state index in [0.717, 1.165) is 11.1 Å². The molecule has 0 aromatic heterocycles. The van der Waals surface area contributed by atoms with Crippen LogP contribution in [-0.4, -0.2) is 32.9 Å². The first-order valence-corrected chi connectivity index (χ1v) is 7.63. The Labute approximate surface area is 107 Å². The average molecular weight is 270 g/mol. The van der Waals surface area contributed by atoms with Crippen molar-refractivity contribution in [2.45, 2.75) is 13.5 Å². The third-order valence-corrected chi connectivity index (χ3v) is 3.54. The van der Waals surface area contributed by atoms with E-state index in [4.69, 9.17) is 5.73 Å². The minimum atomic E-state index is -2.93. The van der Waals surface area contributed by atoms with Crippen molar-refractivity contribution in [1.82, 2.24) is 5.32 Å². The van der Waals surface area contributed by atoms with E-state index >= 15 is 0 Å². The van der Waals surface area contributed by atoms with Gasteiger partial charge in [0.2, 0.25) is 5.91 Å². The zero-order valence-corrected chi connectivity index (χ0v) is 11.4. The first-order valence-electron chi connectivity index (χ1n) is 5.57. The summed E-state index contributed by atoms with van der Waals surface area (Å²) in [5, 5.41) is 3.05. The summed E-state index contributed by atoms with van der Waals surface area (Å²) in [7, 11) is -2.93. The number of sulfone groups is 1. The summed E-state index contributed by atoms with van der Waals surface area (Å²) in [6, 6.07) is 5.22. The van der Waals surface area contributed by atoms with Crippen LogP contribution in [0.2, 0.25) is 0 Å². The predicted molar refractivity (Wildman–Crippen MR) is 71.1 cm³/mol. The maximum Gasteiger partial charge on any atom is 0.248 e. The van der Waals surface area contributed by atoms with E-state index < -0.39 is 15.7 Å². The lowest BCUT2D eigenvalue weighted by atomic mass is 10.0. The number of benzene rings is 1. The van der Waals surface area contributed by atoms with E-state index in [1.807, 2.05) is 13.0 Å². The van der Waals surface area contributed by atoms with Crippen molar-refractivity contribution >= 4 is 15.7 Å². The number of primary amides is 1. The third-order valence-electron chi connectivity index (χ3n) is 2.59. The SMILES string of the molecule is Cc1cc(C(N)=O)ccc1CNCCS(C)(=O)=O. The molecule has 0 bridgehead atoms. The molecule has 0 heterocycles. The molecular weight excluding hydrogens is 252 g/mol. The van der Waals surface area contributed by atoms with Gasteiger partial charge in [-0.2, -0.15) is 0 Å². The molecule has 0 fully saturated rings. The Morgan fingerprint density at radius 2 is 2.06 bits per heavy atom. The maximum atomic E-state index is 11.0. The van der Waals surface area contributed by atoms with Gasteiger partial charge in [-0.05, 0) is 30.2 Å². The highest BCUT2D eigenvalue weighted by Crippen LogP contribution is 2.10. The lowest BCUT2D eigenvalue weighted by molar-refractivity contribution is 0.1000. The molecule has 1 amide bonds. The summed E-state index contributed by atoms with van der Waals surface area (Å²) < 4.78 is 21.9. The van der Waals surface area contributed by atoms with Gasteiger partial charge in [0.15, 0.2) is 0 Å². The van der Waals surface area contributed by atoms with Gasteiger partial charge in [0.25, 0.3) is 0 Å². The van der Waals surface area contributed by atoms with Crippen molar-refractivity contribution in [2.24, 2.45) is 5.73 Å². The van der Waals surface area contributed by atoms with Crippen LogP contribution in [0.1, 0.15) is 21.5 Å². The normalized spacial score (nSPS) is 11.4. The molecule has 1 rings (SSSR count). The molecule has 0 spiro atoms. The minimum Gasteiger partial charge on any atom is -0.366 e. The lowest BCUT2D eigenvalue weighted by Gasteiger charge is -2.08. The number of carbonyl (C=O) groups excluding carboxylic acids is 1. The van der Waals surface area contributed by atoms with Gasteiger partial charge in [-0.15, -0.1) is 0 Å². The van der Waals surface area contributed by atoms with Crippen LogP contribution < -0.4 is 11.1 Å². The number of hydrogen-bond acceptors (Lipinski definition) is 4. The fourth-order valence-electron chi connectivity index (χ4n) is 1.53. The number of carbonyl (C=O) groups is 1. The summed E-state index contributed by atoms with van der Waals surface area (Å²) in [5.41, 5.74) is 7.64. The summed E-state index contributed by atoms with van der Waals surface area (Å²) >= 11 is 0. The first-order chi connectivity index (χ1) is 8.29. The average Bonchev–Trinajstić information content (AvgIpc) is 2.24. The van der Waals surface area contributed by atoms with E-state index in [0.29, 0.717) is 18.7 Å².